The van der Waals surface area contributed by atoms with Crippen LogP contribution in [-0.2, 0) is 23.2 Å². The van der Waals surface area contributed by atoms with Crippen molar-refractivity contribution in [3.63, 3.8) is 0 Å². The molecule has 0 radical (unpaired) electrons. The van der Waals surface area contributed by atoms with Crippen LogP contribution in [0.1, 0.15) is 37.9 Å². The lowest BCUT2D eigenvalue weighted by atomic mass is 10.1. The highest BCUT2D eigenvalue weighted by molar-refractivity contribution is 6.10. The largest absolute Gasteiger partial charge is 0.457 e. The second kappa shape index (κ2) is 11.3. The van der Waals surface area contributed by atoms with E-state index in [1.54, 1.807) is 46.0 Å². The van der Waals surface area contributed by atoms with Crippen molar-refractivity contribution in [3.05, 3.63) is 89.9 Å². The minimum atomic E-state index is -0.615. The molecular weight excluding hydrogens is 474 g/mol. The molecule has 0 aliphatic carbocycles. The zero-order valence-corrected chi connectivity index (χ0v) is 21.0. The number of aromatic nitrogens is 5. The first-order valence-corrected chi connectivity index (χ1v) is 11.5. The van der Waals surface area contributed by atoms with E-state index in [0.717, 1.165) is 11.3 Å². The van der Waals surface area contributed by atoms with Gasteiger partial charge in [0, 0.05) is 12.6 Å². The van der Waals surface area contributed by atoms with Crippen molar-refractivity contribution in [2.45, 2.75) is 33.0 Å². The monoisotopic (exact) mass is 501 g/mol. The number of oxime groups is 1. The maximum Gasteiger partial charge on any atom is 0.413 e. The Balaban J connectivity index is 1.47. The molecule has 0 aliphatic heterocycles. The van der Waals surface area contributed by atoms with Crippen LogP contribution in [0.25, 0.3) is 0 Å². The van der Waals surface area contributed by atoms with E-state index in [2.05, 4.69) is 31.0 Å². The molecule has 0 saturated heterocycles. The van der Waals surface area contributed by atoms with E-state index < -0.39 is 11.7 Å². The summed E-state index contributed by atoms with van der Waals surface area (Å²) in [4.78, 5) is 22.0. The average Bonchev–Trinajstić information content (AvgIpc) is 3.27. The Morgan fingerprint density at radius 3 is 2.38 bits per heavy atom. The number of carbonyl (C=O) groups excluding carboxylic acids is 1. The van der Waals surface area contributed by atoms with E-state index in [4.69, 9.17) is 14.3 Å². The van der Waals surface area contributed by atoms with Crippen LogP contribution in [0.4, 0.5) is 10.6 Å². The highest BCUT2D eigenvalue weighted by Crippen LogP contribution is 2.22. The highest BCUT2D eigenvalue weighted by atomic mass is 16.6. The first kappa shape index (κ1) is 25.3. The van der Waals surface area contributed by atoms with Gasteiger partial charge in [0.15, 0.2) is 12.3 Å². The van der Waals surface area contributed by atoms with Gasteiger partial charge < -0.3 is 14.3 Å². The molecule has 37 heavy (non-hydrogen) atoms. The number of hydrogen-bond donors (Lipinski definition) is 1. The number of carbonyl (C=O) groups is 1. The zero-order valence-electron chi connectivity index (χ0n) is 21.0. The van der Waals surface area contributed by atoms with E-state index in [9.17, 15) is 4.79 Å². The molecule has 0 aliphatic rings. The fraction of sp³-hybridized carbons (Fsp3) is 0.231. The molecule has 0 spiro atoms. The molecular formula is C26H27N7O4. The normalized spacial score (nSPS) is 11.6. The van der Waals surface area contributed by atoms with Crippen molar-refractivity contribution in [3.8, 4) is 11.5 Å². The van der Waals surface area contributed by atoms with Crippen LogP contribution in [0.15, 0.2) is 78.0 Å². The Bertz CT molecular complexity index is 1360. The number of tetrazole rings is 1. The first-order chi connectivity index (χ1) is 17.8. The fourth-order valence-corrected chi connectivity index (χ4v) is 3.16. The number of para-hydroxylation sites is 1. The molecule has 4 aromatic rings. The summed E-state index contributed by atoms with van der Waals surface area (Å²) in [5, 5.41) is 18.6. The van der Waals surface area contributed by atoms with Crippen LogP contribution in [0, 0.1) is 0 Å². The SMILES string of the molecule is Cn1nnnc1/C(=N\OCc1cccc(NC(=O)OC(C)(C)C)n1)c1ccc(Oc2ccccc2)cc1. The van der Waals surface area contributed by atoms with Crippen LogP contribution in [0.3, 0.4) is 0 Å². The minimum absolute atomic E-state index is 0.0494. The third-order valence-electron chi connectivity index (χ3n) is 4.74. The summed E-state index contributed by atoms with van der Waals surface area (Å²) >= 11 is 0. The maximum absolute atomic E-state index is 12.0. The molecule has 2 heterocycles. The Morgan fingerprint density at radius 1 is 0.973 bits per heavy atom. The van der Waals surface area contributed by atoms with Gasteiger partial charge in [-0.15, -0.1) is 5.10 Å². The standard InChI is InChI=1S/C26H27N7O4/c1-26(2,3)37-25(34)28-22-12-8-9-19(27-22)17-35-30-23(24-29-31-32-33(24)4)18-13-15-21(16-14-18)36-20-10-6-5-7-11-20/h5-16H,17H2,1-4H3,(H,27,28,34)/b30-23-. The van der Waals surface area contributed by atoms with Crippen LogP contribution in [-0.4, -0.2) is 42.6 Å². The highest BCUT2D eigenvalue weighted by Gasteiger charge is 2.17. The fourth-order valence-electron chi connectivity index (χ4n) is 3.16. The number of pyridine rings is 1. The summed E-state index contributed by atoms with van der Waals surface area (Å²) in [6.45, 7) is 5.41. The molecule has 11 nitrogen and oxygen atoms in total. The summed E-state index contributed by atoms with van der Waals surface area (Å²) in [6.07, 6.45) is -0.590. The van der Waals surface area contributed by atoms with Gasteiger partial charge in [-0.25, -0.2) is 14.5 Å². The summed E-state index contributed by atoms with van der Waals surface area (Å²) in [5.41, 5.74) is 1.10. The molecule has 1 amide bonds. The summed E-state index contributed by atoms with van der Waals surface area (Å²) in [5.74, 6) is 2.17. The Labute approximate surface area is 214 Å². The molecule has 11 heteroatoms. The molecule has 0 bridgehead atoms. The van der Waals surface area contributed by atoms with Crippen LogP contribution in [0.2, 0.25) is 0 Å². The molecule has 2 aromatic carbocycles. The molecule has 0 fully saturated rings. The zero-order chi connectivity index (χ0) is 26.3. The average molecular weight is 502 g/mol. The molecule has 0 saturated carbocycles. The lowest BCUT2D eigenvalue weighted by molar-refractivity contribution is 0.0635. The molecule has 0 unspecified atom stereocenters. The van der Waals surface area contributed by atoms with Crippen molar-refractivity contribution >= 4 is 17.6 Å². The third-order valence-corrected chi connectivity index (χ3v) is 4.74. The number of ether oxygens (including phenoxy) is 2. The van der Waals surface area contributed by atoms with Crippen LogP contribution < -0.4 is 10.1 Å². The van der Waals surface area contributed by atoms with Crippen molar-refractivity contribution in [1.82, 2.24) is 25.2 Å². The molecule has 190 valence electrons. The van der Waals surface area contributed by atoms with Crippen molar-refractivity contribution in [1.29, 1.82) is 0 Å². The van der Waals surface area contributed by atoms with E-state index in [-0.39, 0.29) is 6.61 Å². The predicted molar refractivity (Wildman–Crippen MR) is 136 cm³/mol. The van der Waals surface area contributed by atoms with Gasteiger partial charge in [0.05, 0.1) is 5.69 Å². The Morgan fingerprint density at radius 2 is 1.70 bits per heavy atom. The Hall–Kier alpha value is -4.80. The quantitative estimate of drug-likeness (QED) is 0.272. The van der Waals surface area contributed by atoms with Crippen LogP contribution >= 0.6 is 0 Å². The molecule has 1 N–H and O–H groups in total. The van der Waals surface area contributed by atoms with Crippen LogP contribution in [0.5, 0.6) is 11.5 Å². The lowest BCUT2D eigenvalue weighted by Gasteiger charge is -2.19. The van der Waals surface area contributed by atoms with Gasteiger partial charge in [0.2, 0.25) is 5.82 Å². The van der Waals surface area contributed by atoms with Gasteiger partial charge in [0.25, 0.3) is 0 Å². The molecule has 0 atom stereocenters. The summed E-state index contributed by atoms with van der Waals surface area (Å²) in [7, 11) is 1.71. The van der Waals surface area contributed by atoms with Crippen molar-refractivity contribution in [2.24, 2.45) is 12.2 Å². The van der Waals surface area contributed by atoms with Crippen molar-refractivity contribution < 1.29 is 19.1 Å². The Kier molecular flexibility index (Phi) is 7.72. The number of benzene rings is 2. The van der Waals surface area contributed by atoms with Gasteiger partial charge in [-0.2, -0.15) is 0 Å². The number of anilines is 1. The van der Waals surface area contributed by atoms with Gasteiger partial charge >= 0.3 is 6.09 Å². The second-order valence-electron chi connectivity index (χ2n) is 8.92. The molecule has 2 aromatic heterocycles. The third kappa shape index (κ3) is 7.34. The number of nitrogens with one attached hydrogen (secondary N) is 1. The molecule has 4 rings (SSSR count). The minimum Gasteiger partial charge on any atom is -0.457 e. The summed E-state index contributed by atoms with van der Waals surface area (Å²) < 4.78 is 12.6. The predicted octanol–water partition coefficient (Wildman–Crippen LogP) is 4.71. The number of hydrogen-bond acceptors (Lipinski definition) is 9. The summed E-state index contributed by atoms with van der Waals surface area (Å²) in [6, 6.07) is 22.0. The van der Waals surface area contributed by atoms with Gasteiger partial charge in [-0.1, -0.05) is 29.4 Å². The number of aryl methyl sites for hydroxylation is 1. The second-order valence-corrected chi connectivity index (χ2v) is 8.92. The van der Waals surface area contributed by atoms with Gasteiger partial charge in [-0.05, 0) is 79.7 Å². The number of nitrogens with zero attached hydrogens (tertiary/aromatic N) is 6. The maximum atomic E-state index is 12.0. The van der Waals surface area contributed by atoms with Crippen molar-refractivity contribution in [2.75, 3.05) is 5.32 Å². The smallest absolute Gasteiger partial charge is 0.413 e. The topological polar surface area (TPSA) is 126 Å². The lowest BCUT2D eigenvalue weighted by Crippen LogP contribution is -2.27. The number of rotatable bonds is 8. The van der Waals surface area contributed by atoms with Gasteiger partial charge in [0.1, 0.15) is 22.9 Å². The van der Waals surface area contributed by atoms with E-state index in [1.165, 1.54) is 4.68 Å². The first-order valence-electron chi connectivity index (χ1n) is 11.5. The van der Waals surface area contributed by atoms with E-state index in [1.807, 2.05) is 54.6 Å². The number of amides is 1. The van der Waals surface area contributed by atoms with E-state index >= 15 is 0 Å². The van der Waals surface area contributed by atoms with E-state index in [0.29, 0.717) is 28.8 Å². The van der Waals surface area contributed by atoms with Gasteiger partial charge in [-0.3, -0.25) is 5.32 Å².